The molecule has 0 saturated carbocycles. The Labute approximate surface area is 240 Å². The Morgan fingerprint density at radius 2 is 1.02 bits per heavy atom. The first-order valence-corrected chi connectivity index (χ1v) is 13.9. The Balaban J connectivity index is 1.35. The molecule has 0 amide bonds. The maximum Gasteiger partial charge on any atom is 0.164 e. The number of hydrogen-bond acceptors (Lipinski definition) is 5. The summed E-state index contributed by atoms with van der Waals surface area (Å²) >= 11 is 0. The van der Waals surface area contributed by atoms with E-state index in [1.807, 2.05) is 50.2 Å². The summed E-state index contributed by atoms with van der Waals surface area (Å²) in [4.78, 5) is 23.9. The fraction of sp³-hybridized carbons (Fsp3) is 0.139. The molecule has 0 saturated heterocycles. The molecule has 0 fully saturated rings. The summed E-state index contributed by atoms with van der Waals surface area (Å²) in [5.41, 5.74) is 10.9. The van der Waals surface area contributed by atoms with E-state index in [1.165, 1.54) is 22.3 Å². The van der Waals surface area contributed by atoms with Gasteiger partial charge in [-0.05, 0) is 48.2 Å². The van der Waals surface area contributed by atoms with Crippen LogP contribution in [0.3, 0.4) is 0 Å². The van der Waals surface area contributed by atoms with Gasteiger partial charge in [0.25, 0.3) is 0 Å². The molecule has 2 heterocycles. The molecule has 0 N–H and O–H groups in total. The van der Waals surface area contributed by atoms with E-state index in [9.17, 15) is 0 Å². The van der Waals surface area contributed by atoms with Gasteiger partial charge in [0.2, 0.25) is 0 Å². The van der Waals surface area contributed by atoms with E-state index in [1.54, 1.807) is 0 Å². The van der Waals surface area contributed by atoms with Gasteiger partial charge in [0.05, 0.1) is 5.69 Å². The summed E-state index contributed by atoms with van der Waals surface area (Å²) in [6.45, 7) is 8.49. The Kier molecular flexibility index (Phi) is 5.82. The van der Waals surface area contributed by atoms with Crippen LogP contribution in [-0.2, 0) is 5.41 Å². The van der Waals surface area contributed by atoms with Crippen LogP contribution in [0.15, 0.2) is 103 Å². The van der Waals surface area contributed by atoms with Gasteiger partial charge < -0.3 is 0 Å². The average Bonchev–Trinajstić information content (AvgIpc) is 3.23. The van der Waals surface area contributed by atoms with Crippen LogP contribution in [0.2, 0.25) is 0 Å². The average molecular weight is 532 g/mol. The van der Waals surface area contributed by atoms with E-state index in [0.29, 0.717) is 17.5 Å². The van der Waals surface area contributed by atoms with Gasteiger partial charge in [-0.1, -0.05) is 105 Å². The van der Waals surface area contributed by atoms with Crippen LogP contribution >= 0.6 is 0 Å². The minimum atomic E-state index is -0.0492. The van der Waals surface area contributed by atoms with Crippen molar-refractivity contribution in [2.45, 2.75) is 33.1 Å². The number of fused-ring (bicyclic) bond motifs is 3. The molecule has 0 atom stereocenters. The smallest absolute Gasteiger partial charge is 0.164 e. The van der Waals surface area contributed by atoms with E-state index in [-0.39, 0.29) is 5.41 Å². The van der Waals surface area contributed by atoms with Gasteiger partial charge in [0.15, 0.2) is 17.5 Å². The molecule has 7 rings (SSSR count). The minimum Gasteiger partial charge on any atom is -0.239 e. The van der Waals surface area contributed by atoms with Crippen LogP contribution in [0.1, 0.15) is 36.5 Å². The van der Waals surface area contributed by atoms with Crippen molar-refractivity contribution in [2.75, 3.05) is 0 Å². The highest BCUT2D eigenvalue weighted by molar-refractivity contribution is 5.84. The van der Waals surface area contributed by atoms with Crippen molar-refractivity contribution >= 4 is 0 Å². The standard InChI is InChI=1S/C36H29N5/c1-22-20-32(38-23(2)37-22)24-14-16-26(17-15-24)34-39-33(25-10-6-5-7-11-25)40-35(41-34)27-18-19-31-29(21-27)28-12-8-9-13-30(28)36(31,3)4/h5-21H,1-4H3. The number of benzene rings is 4. The Morgan fingerprint density at radius 1 is 0.463 bits per heavy atom. The summed E-state index contributed by atoms with van der Waals surface area (Å²) < 4.78 is 0. The third-order valence-corrected chi connectivity index (χ3v) is 7.91. The van der Waals surface area contributed by atoms with E-state index >= 15 is 0 Å². The van der Waals surface area contributed by atoms with Gasteiger partial charge in [0.1, 0.15) is 5.82 Å². The third-order valence-electron chi connectivity index (χ3n) is 7.91. The molecular weight excluding hydrogens is 502 g/mol. The van der Waals surface area contributed by atoms with E-state index < -0.39 is 0 Å². The normalized spacial score (nSPS) is 13.1. The van der Waals surface area contributed by atoms with Crippen molar-refractivity contribution in [1.29, 1.82) is 0 Å². The van der Waals surface area contributed by atoms with E-state index in [4.69, 9.17) is 15.0 Å². The molecule has 5 nitrogen and oxygen atoms in total. The summed E-state index contributed by atoms with van der Waals surface area (Å²) in [5.74, 6) is 2.71. The van der Waals surface area contributed by atoms with Crippen molar-refractivity contribution in [1.82, 2.24) is 24.9 Å². The lowest BCUT2D eigenvalue weighted by molar-refractivity contribution is 0.660. The first-order valence-electron chi connectivity index (χ1n) is 13.9. The van der Waals surface area contributed by atoms with Gasteiger partial charge >= 0.3 is 0 Å². The summed E-state index contributed by atoms with van der Waals surface area (Å²) in [6, 6.07) is 35.6. The second-order valence-corrected chi connectivity index (χ2v) is 11.1. The zero-order chi connectivity index (χ0) is 28.1. The molecule has 0 spiro atoms. The molecule has 198 valence electrons. The van der Waals surface area contributed by atoms with Crippen molar-refractivity contribution < 1.29 is 0 Å². The van der Waals surface area contributed by atoms with E-state index in [0.717, 1.165) is 39.5 Å². The molecule has 0 bridgehead atoms. The van der Waals surface area contributed by atoms with Crippen LogP contribution in [0, 0.1) is 13.8 Å². The van der Waals surface area contributed by atoms with Gasteiger partial charge in [-0.2, -0.15) is 0 Å². The van der Waals surface area contributed by atoms with Gasteiger partial charge in [0, 0.05) is 33.4 Å². The minimum absolute atomic E-state index is 0.0492. The summed E-state index contributed by atoms with van der Waals surface area (Å²) in [6.07, 6.45) is 0. The molecule has 4 aromatic carbocycles. The molecule has 0 radical (unpaired) electrons. The SMILES string of the molecule is Cc1cc(-c2ccc(-c3nc(-c4ccccc4)nc(-c4ccc5c(c4)-c4ccccc4C5(C)C)n3)cc2)nc(C)n1. The highest BCUT2D eigenvalue weighted by Gasteiger charge is 2.35. The number of aryl methyl sites for hydroxylation is 2. The van der Waals surface area contributed by atoms with Gasteiger partial charge in [-0.25, -0.2) is 24.9 Å². The van der Waals surface area contributed by atoms with Crippen LogP contribution < -0.4 is 0 Å². The fourth-order valence-corrected chi connectivity index (χ4v) is 5.86. The van der Waals surface area contributed by atoms with Crippen LogP contribution in [-0.4, -0.2) is 24.9 Å². The zero-order valence-corrected chi connectivity index (χ0v) is 23.6. The second kappa shape index (κ2) is 9.56. The first kappa shape index (κ1) is 25.0. The third kappa shape index (κ3) is 4.40. The summed E-state index contributed by atoms with van der Waals surface area (Å²) in [7, 11) is 0. The van der Waals surface area contributed by atoms with E-state index in [2.05, 4.69) is 90.5 Å². The second-order valence-electron chi connectivity index (χ2n) is 11.1. The number of rotatable bonds is 4. The zero-order valence-electron chi connectivity index (χ0n) is 23.6. The highest BCUT2D eigenvalue weighted by Crippen LogP contribution is 2.49. The Bertz CT molecular complexity index is 1910. The lowest BCUT2D eigenvalue weighted by Gasteiger charge is -2.21. The van der Waals surface area contributed by atoms with Gasteiger partial charge in [-0.3, -0.25) is 0 Å². The van der Waals surface area contributed by atoms with Crippen LogP contribution in [0.4, 0.5) is 0 Å². The predicted octanol–water partition coefficient (Wildman–Crippen LogP) is 8.25. The molecule has 41 heavy (non-hydrogen) atoms. The highest BCUT2D eigenvalue weighted by atomic mass is 15.0. The maximum atomic E-state index is 5.00. The molecule has 1 aliphatic carbocycles. The molecular formula is C36H29N5. The molecule has 5 heteroatoms. The van der Waals surface area contributed by atoms with Crippen molar-refractivity contribution in [3.63, 3.8) is 0 Å². The molecule has 2 aromatic heterocycles. The fourth-order valence-electron chi connectivity index (χ4n) is 5.86. The lowest BCUT2D eigenvalue weighted by atomic mass is 9.82. The molecule has 1 aliphatic rings. The number of nitrogens with zero attached hydrogens (tertiary/aromatic N) is 5. The Morgan fingerprint density at radius 3 is 1.73 bits per heavy atom. The summed E-state index contributed by atoms with van der Waals surface area (Å²) in [5, 5.41) is 0. The predicted molar refractivity (Wildman–Crippen MR) is 164 cm³/mol. The van der Waals surface area contributed by atoms with Crippen LogP contribution in [0.25, 0.3) is 56.5 Å². The lowest BCUT2D eigenvalue weighted by Crippen LogP contribution is -2.14. The number of hydrogen-bond donors (Lipinski definition) is 0. The molecule has 0 aliphatic heterocycles. The monoisotopic (exact) mass is 531 g/mol. The van der Waals surface area contributed by atoms with Crippen molar-refractivity contribution in [3.05, 3.63) is 126 Å². The number of aromatic nitrogens is 5. The van der Waals surface area contributed by atoms with Gasteiger partial charge in [-0.15, -0.1) is 0 Å². The van der Waals surface area contributed by atoms with Crippen molar-refractivity contribution in [2.24, 2.45) is 0 Å². The van der Waals surface area contributed by atoms with Crippen molar-refractivity contribution in [3.8, 4) is 56.5 Å². The largest absolute Gasteiger partial charge is 0.239 e. The Hall–Kier alpha value is -5.03. The molecule has 0 unspecified atom stereocenters. The first-order chi connectivity index (χ1) is 19.9. The van der Waals surface area contributed by atoms with Crippen LogP contribution in [0.5, 0.6) is 0 Å². The quantitative estimate of drug-likeness (QED) is 0.229. The topological polar surface area (TPSA) is 64.5 Å². The molecule has 6 aromatic rings. The maximum absolute atomic E-state index is 5.00.